The maximum atomic E-state index is 11.9. The van der Waals surface area contributed by atoms with E-state index >= 15 is 0 Å². The molecule has 90 valence electrons. The molecule has 0 bridgehead atoms. The van der Waals surface area contributed by atoms with E-state index in [-0.39, 0.29) is 18.0 Å². The molecule has 0 amide bonds. The van der Waals surface area contributed by atoms with Gasteiger partial charge in [0.25, 0.3) is 0 Å². The van der Waals surface area contributed by atoms with E-state index in [1.807, 2.05) is 0 Å². The number of rotatable bonds is 4. The molecule has 0 radical (unpaired) electrons. The van der Waals surface area contributed by atoms with Crippen LogP contribution in [0, 0.1) is 12.3 Å². The number of ether oxygens (including phenoxy) is 1. The molecule has 0 aliphatic heterocycles. The Labute approximate surface area is 96.4 Å². The number of benzene rings is 1. The lowest BCUT2D eigenvalue weighted by atomic mass is 10.1. The van der Waals surface area contributed by atoms with Crippen LogP contribution in [0.25, 0.3) is 0 Å². The van der Waals surface area contributed by atoms with Gasteiger partial charge in [0.15, 0.2) is 5.78 Å². The summed E-state index contributed by atoms with van der Waals surface area (Å²) in [4.78, 5) is 11.4. The molecule has 0 aliphatic rings. The zero-order valence-corrected chi connectivity index (χ0v) is 8.75. The summed E-state index contributed by atoms with van der Waals surface area (Å²) in [6, 6.07) is 4.74. The van der Waals surface area contributed by atoms with Crippen LogP contribution < -0.4 is 4.74 Å². The van der Waals surface area contributed by atoms with Crippen LogP contribution >= 0.6 is 0 Å². The van der Waals surface area contributed by atoms with Crippen molar-refractivity contribution >= 4 is 5.78 Å². The van der Waals surface area contributed by atoms with Gasteiger partial charge in [0.1, 0.15) is 5.75 Å². The Morgan fingerprint density at radius 3 is 2.35 bits per heavy atom. The average molecular weight is 242 g/mol. The van der Waals surface area contributed by atoms with Crippen molar-refractivity contribution in [3.8, 4) is 18.1 Å². The molecule has 1 aromatic carbocycles. The van der Waals surface area contributed by atoms with Gasteiger partial charge in [0.2, 0.25) is 0 Å². The van der Waals surface area contributed by atoms with Gasteiger partial charge in [0, 0.05) is 18.4 Å². The molecular formula is C12H9F3O2. The van der Waals surface area contributed by atoms with E-state index in [0.29, 0.717) is 12.0 Å². The summed E-state index contributed by atoms with van der Waals surface area (Å²) in [5, 5.41) is 0. The smallest absolute Gasteiger partial charge is 0.406 e. The number of Topliss-reactive ketones (excluding diaryl/α,β-unsaturated/α-hetero) is 1. The van der Waals surface area contributed by atoms with Crippen LogP contribution in [0.1, 0.15) is 23.2 Å². The summed E-state index contributed by atoms with van der Waals surface area (Å²) in [7, 11) is 0. The molecule has 0 saturated carbocycles. The molecule has 0 unspecified atom stereocenters. The molecule has 0 aromatic heterocycles. The standard InChI is InChI=1S/C12H9F3O2/c1-2-3-4-11(16)9-5-7-10(8-6-9)17-12(13,14)15/h1,5-8H,3-4H2. The van der Waals surface area contributed by atoms with Gasteiger partial charge in [-0.05, 0) is 24.3 Å². The Balaban J connectivity index is 2.68. The fourth-order valence-electron chi connectivity index (χ4n) is 1.17. The maximum Gasteiger partial charge on any atom is 0.573 e. The van der Waals surface area contributed by atoms with E-state index in [0.717, 1.165) is 12.1 Å². The van der Waals surface area contributed by atoms with Gasteiger partial charge in [-0.3, -0.25) is 4.79 Å². The van der Waals surface area contributed by atoms with Gasteiger partial charge in [-0.2, -0.15) is 0 Å². The fraction of sp³-hybridized carbons (Fsp3) is 0.250. The molecule has 0 aliphatic carbocycles. The van der Waals surface area contributed by atoms with Crippen LogP contribution in [0.15, 0.2) is 24.3 Å². The zero-order valence-electron chi connectivity index (χ0n) is 8.75. The Kier molecular flexibility index (Phi) is 4.16. The highest BCUT2D eigenvalue weighted by Gasteiger charge is 2.30. The quantitative estimate of drug-likeness (QED) is 0.598. The van der Waals surface area contributed by atoms with Crippen LogP contribution in [0.3, 0.4) is 0 Å². The molecule has 1 aromatic rings. The van der Waals surface area contributed by atoms with Crippen LogP contribution in [0.4, 0.5) is 13.2 Å². The highest BCUT2D eigenvalue weighted by atomic mass is 19.4. The molecule has 5 heteroatoms. The maximum absolute atomic E-state index is 11.9. The van der Waals surface area contributed by atoms with Crippen molar-refractivity contribution < 1.29 is 22.7 Å². The number of carbonyl (C=O) groups excluding carboxylic acids is 1. The van der Waals surface area contributed by atoms with Gasteiger partial charge in [-0.1, -0.05) is 0 Å². The van der Waals surface area contributed by atoms with E-state index in [4.69, 9.17) is 6.42 Å². The molecule has 17 heavy (non-hydrogen) atoms. The molecule has 0 N–H and O–H groups in total. The van der Waals surface area contributed by atoms with Crippen molar-refractivity contribution in [3.05, 3.63) is 29.8 Å². The number of terminal acetylenes is 1. The van der Waals surface area contributed by atoms with Gasteiger partial charge < -0.3 is 4.74 Å². The molecule has 1 rings (SSSR count). The number of hydrogen-bond donors (Lipinski definition) is 0. The molecular weight excluding hydrogens is 233 g/mol. The number of halogens is 3. The van der Waals surface area contributed by atoms with Gasteiger partial charge in [0.05, 0.1) is 0 Å². The highest BCUT2D eigenvalue weighted by molar-refractivity contribution is 5.96. The predicted octanol–water partition coefficient (Wildman–Crippen LogP) is 3.18. The second kappa shape index (κ2) is 5.39. The third-order valence-corrected chi connectivity index (χ3v) is 1.91. The van der Waals surface area contributed by atoms with E-state index in [1.165, 1.54) is 12.1 Å². The van der Waals surface area contributed by atoms with Crippen molar-refractivity contribution in [2.75, 3.05) is 0 Å². The second-order valence-corrected chi connectivity index (χ2v) is 3.20. The van der Waals surface area contributed by atoms with Crippen LogP contribution in [0.5, 0.6) is 5.75 Å². The van der Waals surface area contributed by atoms with Crippen molar-refractivity contribution in [2.24, 2.45) is 0 Å². The SMILES string of the molecule is C#CCCC(=O)c1ccc(OC(F)(F)F)cc1. The highest BCUT2D eigenvalue weighted by Crippen LogP contribution is 2.23. The van der Waals surface area contributed by atoms with E-state index < -0.39 is 6.36 Å². The van der Waals surface area contributed by atoms with Crippen LogP contribution in [0.2, 0.25) is 0 Å². The minimum Gasteiger partial charge on any atom is -0.406 e. The van der Waals surface area contributed by atoms with E-state index in [1.54, 1.807) is 0 Å². The lowest BCUT2D eigenvalue weighted by Gasteiger charge is -2.08. The monoisotopic (exact) mass is 242 g/mol. The normalized spacial score (nSPS) is 10.7. The largest absolute Gasteiger partial charge is 0.573 e. The first-order valence-electron chi connectivity index (χ1n) is 4.75. The van der Waals surface area contributed by atoms with Crippen molar-refractivity contribution in [1.82, 2.24) is 0 Å². The predicted molar refractivity (Wildman–Crippen MR) is 55.5 cm³/mol. The van der Waals surface area contributed by atoms with Gasteiger partial charge >= 0.3 is 6.36 Å². The number of carbonyl (C=O) groups is 1. The molecule has 0 heterocycles. The third kappa shape index (κ3) is 4.60. The Hall–Kier alpha value is -1.96. The fourth-order valence-corrected chi connectivity index (χ4v) is 1.17. The molecule has 2 nitrogen and oxygen atoms in total. The lowest BCUT2D eigenvalue weighted by molar-refractivity contribution is -0.274. The summed E-state index contributed by atoms with van der Waals surface area (Å²) in [6.45, 7) is 0. The van der Waals surface area contributed by atoms with Crippen molar-refractivity contribution in [1.29, 1.82) is 0 Å². The molecule has 0 atom stereocenters. The Morgan fingerprint density at radius 2 is 1.88 bits per heavy atom. The summed E-state index contributed by atoms with van der Waals surface area (Å²) in [5.41, 5.74) is 0.315. The third-order valence-electron chi connectivity index (χ3n) is 1.91. The lowest BCUT2D eigenvalue weighted by Crippen LogP contribution is -2.17. The van der Waals surface area contributed by atoms with Crippen LogP contribution in [-0.4, -0.2) is 12.1 Å². The van der Waals surface area contributed by atoms with E-state index in [2.05, 4.69) is 10.7 Å². The first-order chi connectivity index (χ1) is 7.92. The molecule has 0 saturated heterocycles. The minimum atomic E-state index is -4.73. The number of hydrogen-bond acceptors (Lipinski definition) is 2. The van der Waals surface area contributed by atoms with Crippen molar-refractivity contribution in [3.63, 3.8) is 0 Å². The zero-order chi connectivity index (χ0) is 12.9. The van der Waals surface area contributed by atoms with Gasteiger partial charge in [-0.15, -0.1) is 25.5 Å². The first-order valence-corrected chi connectivity index (χ1v) is 4.75. The Morgan fingerprint density at radius 1 is 1.29 bits per heavy atom. The first kappa shape index (κ1) is 13.1. The Bertz CT molecular complexity index is 427. The second-order valence-electron chi connectivity index (χ2n) is 3.20. The molecule has 0 spiro atoms. The summed E-state index contributed by atoms with van der Waals surface area (Å²) < 4.78 is 39.2. The summed E-state index contributed by atoms with van der Waals surface area (Å²) >= 11 is 0. The van der Waals surface area contributed by atoms with E-state index in [9.17, 15) is 18.0 Å². The summed E-state index contributed by atoms with van der Waals surface area (Å²) in [5.74, 6) is 1.75. The summed E-state index contributed by atoms with van der Waals surface area (Å²) in [6.07, 6.45) is 0.756. The van der Waals surface area contributed by atoms with Crippen LogP contribution in [-0.2, 0) is 0 Å². The minimum absolute atomic E-state index is 0.177. The number of alkyl halides is 3. The number of ketones is 1. The van der Waals surface area contributed by atoms with Gasteiger partial charge in [-0.25, -0.2) is 0 Å². The molecule has 0 fully saturated rings. The van der Waals surface area contributed by atoms with Crippen molar-refractivity contribution in [2.45, 2.75) is 19.2 Å². The topological polar surface area (TPSA) is 26.3 Å². The average Bonchev–Trinajstić information content (AvgIpc) is 2.24.